The summed E-state index contributed by atoms with van der Waals surface area (Å²) in [6, 6.07) is 9.80. The molecule has 1 unspecified atom stereocenters. The molecule has 4 heterocycles. The van der Waals surface area contributed by atoms with Gasteiger partial charge in [-0.3, -0.25) is 19.7 Å². The molecule has 1 atom stereocenters. The number of rotatable bonds is 5. The van der Waals surface area contributed by atoms with E-state index >= 15 is 0 Å². The van der Waals surface area contributed by atoms with Crippen LogP contribution < -0.4 is 5.56 Å². The number of benzene rings is 2. The van der Waals surface area contributed by atoms with Gasteiger partial charge in [0, 0.05) is 56.8 Å². The van der Waals surface area contributed by atoms with E-state index in [0.717, 1.165) is 55.0 Å². The van der Waals surface area contributed by atoms with Crippen molar-refractivity contribution in [3.05, 3.63) is 104 Å². The Morgan fingerprint density at radius 3 is 2.24 bits per heavy atom. The summed E-state index contributed by atoms with van der Waals surface area (Å²) in [5.41, 5.74) is 4.09. The summed E-state index contributed by atoms with van der Waals surface area (Å²) >= 11 is 0. The molecule has 0 bridgehead atoms. The van der Waals surface area contributed by atoms with E-state index in [9.17, 15) is 22.4 Å². The summed E-state index contributed by atoms with van der Waals surface area (Å²) in [5, 5.41) is 3.26. The maximum Gasteiger partial charge on any atom is 0.277 e. The van der Waals surface area contributed by atoms with E-state index in [1.807, 2.05) is 11.0 Å². The molecule has 6 nitrogen and oxygen atoms in total. The lowest BCUT2D eigenvalue weighted by atomic mass is 9.94. The fourth-order valence-electron chi connectivity index (χ4n) is 5.65. The summed E-state index contributed by atoms with van der Waals surface area (Å²) < 4.78 is 55.4. The van der Waals surface area contributed by atoms with Crippen LogP contribution in [0, 0.1) is 23.3 Å². The van der Waals surface area contributed by atoms with Crippen molar-refractivity contribution >= 4 is 5.65 Å². The van der Waals surface area contributed by atoms with Crippen LogP contribution in [0.2, 0.25) is 0 Å². The minimum Gasteiger partial charge on any atom is -0.298 e. The number of likely N-dealkylation sites (tertiary alicyclic amines) is 1. The molecule has 38 heavy (non-hydrogen) atoms. The fourth-order valence-corrected chi connectivity index (χ4v) is 5.65. The third-order valence-electron chi connectivity index (χ3n) is 7.59. The molecule has 6 rings (SSSR count). The van der Waals surface area contributed by atoms with Crippen molar-refractivity contribution in [1.29, 1.82) is 0 Å². The minimum atomic E-state index is -0.881. The highest BCUT2D eigenvalue weighted by Gasteiger charge is 2.26. The zero-order valence-electron chi connectivity index (χ0n) is 20.7. The largest absolute Gasteiger partial charge is 0.298 e. The van der Waals surface area contributed by atoms with Crippen LogP contribution in [0.5, 0.6) is 0 Å². The first-order valence-corrected chi connectivity index (χ1v) is 12.8. The highest BCUT2D eigenvalue weighted by atomic mass is 19.2. The molecule has 0 aliphatic carbocycles. The second kappa shape index (κ2) is 9.99. The zero-order chi connectivity index (χ0) is 26.4. The predicted octanol–water partition coefficient (Wildman–Crippen LogP) is 4.52. The van der Waals surface area contributed by atoms with Gasteiger partial charge in [-0.05, 0) is 54.8 Å². The van der Waals surface area contributed by atoms with Gasteiger partial charge in [-0.25, -0.2) is 27.1 Å². The summed E-state index contributed by atoms with van der Waals surface area (Å²) in [4.78, 5) is 22.4. The second-order valence-corrected chi connectivity index (χ2v) is 10.3. The van der Waals surface area contributed by atoms with Crippen molar-refractivity contribution < 1.29 is 17.6 Å². The number of hydrogen-bond donors (Lipinski definition) is 1. The summed E-state index contributed by atoms with van der Waals surface area (Å²) in [7, 11) is 0. The first-order valence-electron chi connectivity index (χ1n) is 12.8. The second-order valence-electron chi connectivity index (χ2n) is 10.3. The van der Waals surface area contributed by atoms with E-state index < -0.39 is 23.3 Å². The van der Waals surface area contributed by atoms with Gasteiger partial charge in [0.15, 0.2) is 28.9 Å². The maximum atomic E-state index is 13.7. The average molecular weight is 526 g/mol. The Labute approximate surface area is 216 Å². The molecule has 1 N–H and O–H groups in total. The quantitative estimate of drug-likeness (QED) is 0.390. The molecule has 2 aliphatic heterocycles. The van der Waals surface area contributed by atoms with Crippen molar-refractivity contribution in [2.45, 2.75) is 44.8 Å². The van der Waals surface area contributed by atoms with Crippen molar-refractivity contribution in [2.24, 2.45) is 0 Å². The van der Waals surface area contributed by atoms with Gasteiger partial charge in [-0.15, -0.1) is 0 Å². The topological polar surface area (TPSA) is 56.6 Å². The molecule has 1 fully saturated rings. The Morgan fingerprint density at radius 1 is 0.868 bits per heavy atom. The fraction of sp³-hybridized carbons (Fsp3) is 0.357. The van der Waals surface area contributed by atoms with Crippen molar-refractivity contribution in [2.75, 3.05) is 19.6 Å². The van der Waals surface area contributed by atoms with Crippen LogP contribution >= 0.6 is 0 Å². The average Bonchev–Trinajstić information content (AvgIpc) is 3.34. The van der Waals surface area contributed by atoms with E-state index in [1.54, 1.807) is 12.1 Å². The molecular formula is C28H27F4N5O. The van der Waals surface area contributed by atoms with Gasteiger partial charge in [-0.1, -0.05) is 12.1 Å². The van der Waals surface area contributed by atoms with E-state index in [4.69, 9.17) is 4.98 Å². The monoisotopic (exact) mass is 525 g/mol. The molecule has 1 saturated heterocycles. The van der Waals surface area contributed by atoms with Crippen LogP contribution in [0.3, 0.4) is 0 Å². The van der Waals surface area contributed by atoms with Crippen molar-refractivity contribution in [3.8, 4) is 0 Å². The lowest BCUT2D eigenvalue weighted by Gasteiger charge is -2.32. The number of nitrogens with one attached hydrogen (secondary N) is 1. The Kier molecular flexibility index (Phi) is 6.53. The van der Waals surface area contributed by atoms with Gasteiger partial charge < -0.3 is 0 Å². The molecule has 2 aromatic heterocycles. The predicted molar refractivity (Wildman–Crippen MR) is 134 cm³/mol. The summed E-state index contributed by atoms with van der Waals surface area (Å²) in [5.74, 6) is -3.30. The Hall–Kier alpha value is -3.50. The van der Waals surface area contributed by atoms with Crippen LogP contribution in [-0.2, 0) is 26.1 Å². The smallest absolute Gasteiger partial charge is 0.277 e. The maximum absolute atomic E-state index is 13.7. The number of hydrogen-bond acceptors (Lipinski definition) is 4. The Morgan fingerprint density at radius 2 is 1.55 bits per heavy atom. The van der Waals surface area contributed by atoms with Crippen LogP contribution in [0.25, 0.3) is 5.65 Å². The molecule has 10 heteroatoms. The number of aromatic nitrogens is 3. The van der Waals surface area contributed by atoms with Gasteiger partial charge in [0.2, 0.25) is 0 Å². The molecule has 0 spiro atoms. The molecular weight excluding hydrogens is 498 g/mol. The lowest BCUT2D eigenvalue weighted by Crippen LogP contribution is -2.36. The van der Waals surface area contributed by atoms with Crippen LogP contribution in [-0.4, -0.2) is 44.0 Å². The standard InChI is InChI=1S/C28H27F4N5O/c29-21-5-3-17(10-23(21)31)13-35-8-1-2-19(15-35)26-12-27-33-25-7-9-36(16-20(25)28(38)37(27)34-26)14-18-4-6-22(30)24(32)11-18/h3-6,10-12,19,34H,1-2,7-9,13-16H2. The lowest BCUT2D eigenvalue weighted by molar-refractivity contribution is 0.198. The van der Waals surface area contributed by atoms with E-state index in [0.29, 0.717) is 49.4 Å². The number of fused-ring (bicyclic) bond motifs is 2. The molecule has 0 radical (unpaired) electrons. The molecule has 2 aliphatic rings. The van der Waals surface area contributed by atoms with E-state index in [1.165, 1.54) is 16.6 Å². The van der Waals surface area contributed by atoms with E-state index in [2.05, 4.69) is 10.00 Å². The van der Waals surface area contributed by atoms with Crippen LogP contribution in [0.1, 0.15) is 46.8 Å². The molecule has 198 valence electrons. The minimum absolute atomic E-state index is 0.150. The van der Waals surface area contributed by atoms with Gasteiger partial charge in [0.1, 0.15) is 0 Å². The molecule has 4 aromatic rings. The summed E-state index contributed by atoms with van der Waals surface area (Å²) in [6.07, 6.45) is 2.48. The van der Waals surface area contributed by atoms with Gasteiger partial charge in [-0.2, -0.15) is 0 Å². The van der Waals surface area contributed by atoms with E-state index in [-0.39, 0.29) is 11.5 Å². The number of H-pyrrole nitrogens is 1. The number of piperidine rings is 1. The third-order valence-corrected chi connectivity index (χ3v) is 7.59. The normalized spacial score (nSPS) is 18.7. The Bertz CT molecular complexity index is 1570. The third kappa shape index (κ3) is 4.86. The highest BCUT2D eigenvalue weighted by Crippen LogP contribution is 2.28. The zero-order valence-corrected chi connectivity index (χ0v) is 20.7. The highest BCUT2D eigenvalue weighted by molar-refractivity contribution is 5.43. The number of aromatic amines is 1. The van der Waals surface area contributed by atoms with Crippen LogP contribution in [0.15, 0.2) is 47.3 Å². The van der Waals surface area contributed by atoms with Crippen molar-refractivity contribution in [1.82, 2.24) is 24.4 Å². The van der Waals surface area contributed by atoms with Gasteiger partial charge in [0.25, 0.3) is 5.56 Å². The molecule has 0 saturated carbocycles. The number of nitrogens with zero attached hydrogens (tertiary/aromatic N) is 4. The van der Waals surface area contributed by atoms with Crippen molar-refractivity contribution in [3.63, 3.8) is 0 Å². The SMILES string of the molecule is O=c1c2c(nc3cc(C4CCCN(Cc5ccc(F)c(F)c5)C4)[nH]n13)CCN(Cc1ccc(F)c(F)c1)C2. The first kappa shape index (κ1) is 24.8. The Balaban J connectivity index is 1.20. The van der Waals surface area contributed by atoms with Crippen LogP contribution in [0.4, 0.5) is 17.6 Å². The molecule has 0 amide bonds. The number of halogens is 4. The molecule has 2 aromatic carbocycles. The summed E-state index contributed by atoms with van der Waals surface area (Å²) in [6.45, 7) is 3.55. The van der Waals surface area contributed by atoms with Gasteiger partial charge in [0.05, 0.1) is 11.3 Å². The first-order chi connectivity index (χ1) is 18.3. The van der Waals surface area contributed by atoms with Gasteiger partial charge >= 0.3 is 0 Å².